The van der Waals surface area contributed by atoms with Crippen molar-refractivity contribution in [3.8, 4) is 5.75 Å². The van der Waals surface area contributed by atoms with Gasteiger partial charge >= 0.3 is 0 Å². The summed E-state index contributed by atoms with van der Waals surface area (Å²) in [5.74, 6) is 0.0797. The Bertz CT molecular complexity index is 717. The van der Waals surface area contributed by atoms with E-state index >= 15 is 0 Å². The van der Waals surface area contributed by atoms with Crippen molar-refractivity contribution in [1.82, 2.24) is 10.3 Å². The van der Waals surface area contributed by atoms with Gasteiger partial charge in [0.1, 0.15) is 30.1 Å². The molecule has 2 aromatic rings. The lowest BCUT2D eigenvalue weighted by atomic mass is 9.97. The molecule has 5 N–H and O–H groups in total. The van der Waals surface area contributed by atoms with Crippen molar-refractivity contribution in [2.75, 3.05) is 6.61 Å². The first kappa shape index (κ1) is 16.7. The number of aliphatic hydroxyl groups excluding tert-OH is 3. The third-order valence-corrected chi connectivity index (χ3v) is 4.05. The maximum atomic E-state index is 11.4. The topological polar surface area (TPSA) is 124 Å². The molecule has 8 nitrogen and oxygen atoms in total. The molecule has 0 spiro atoms. The van der Waals surface area contributed by atoms with Crippen LogP contribution in [-0.4, -0.2) is 63.5 Å². The number of nitrogens with one attached hydrogen (secondary N) is 2. The van der Waals surface area contributed by atoms with Gasteiger partial charge in [0, 0.05) is 24.0 Å². The van der Waals surface area contributed by atoms with Crippen molar-refractivity contribution in [3.63, 3.8) is 0 Å². The molecule has 1 aromatic heterocycles. The van der Waals surface area contributed by atoms with Gasteiger partial charge in [-0.3, -0.25) is 4.79 Å². The third kappa shape index (κ3) is 3.09. The number of ether oxygens (including phenoxy) is 2. The summed E-state index contributed by atoms with van der Waals surface area (Å²) < 4.78 is 11.4. The van der Waals surface area contributed by atoms with E-state index in [2.05, 4.69) is 10.3 Å². The van der Waals surface area contributed by atoms with Crippen LogP contribution in [0.15, 0.2) is 30.5 Å². The summed E-state index contributed by atoms with van der Waals surface area (Å²) in [6.45, 7) is 0.804. The molecule has 2 heterocycles. The molecule has 0 bridgehead atoms. The molecule has 0 saturated carbocycles. The van der Waals surface area contributed by atoms with E-state index in [0.717, 1.165) is 10.9 Å². The van der Waals surface area contributed by atoms with Gasteiger partial charge in [-0.15, -0.1) is 0 Å². The van der Waals surface area contributed by atoms with Crippen LogP contribution in [0.4, 0.5) is 0 Å². The second kappa shape index (κ2) is 6.78. The smallest absolute Gasteiger partial charge is 0.223 e. The van der Waals surface area contributed by atoms with E-state index in [1.54, 1.807) is 6.20 Å². The number of para-hydroxylation sites is 1. The number of hydrogen-bond acceptors (Lipinski definition) is 6. The fourth-order valence-electron chi connectivity index (χ4n) is 2.84. The molecule has 130 valence electrons. The molecule has 1 aliphatic heterocycles. The van der Waals surface area contributed by atoms with Crippen LogP contribution in [0.25, 0.3) is 10.9 Å². The van der Waals surface area contributed by atoms with Gasteiger partial charge in [0.25, 0.3) is 0 Å². The number of hydrogen-bond donors (Lipinski definition) is 5. The first-order chi connectivity index (χ1) is 11.5. The molecule has 8 heteroatoms. The number of aromatic amines is 1. The Kier molecular flexibility index (Phi) is 4.72. The molecular weight excluding hydrogens is 316 g/mol. The third-order valence-electron chi connectivity index (χ3n) is 4.05. The number of rotatable bonds is 4. The zero-order chi connectivity index (χ0) is 17.3. The van der Waals surface area contributed by atoms with E-state index in [0.29, 0.717) is 5.75 Å². The van der Waals surface area contributed by atoms with Gasteiger partial charge in [-0.25, -0.2) is 0 Å². The summed E-state index contributed by atoms with van der Waals surface area (Å²) in [6.07, 6.45) is -3.11. The predicted molar refractivity (Wildman–Crippen MR) is 84.3 cm³/mol. The van der Waals surface area contributed by atoms with E-state index in [1.165, 1.54) is 6.92 Å². The molecule has 3 rings (SSSR count). The first-order valence-electron chi connectivity index (χ1n) is 7.63. The number of carbonyl (C=O) groups is 1. The van der Waals surface area contributed by atoms with E-state index < -0.39 is 43.2 Å². The van der Waals surface area contributed by atoms with Gasteiger partial charge in [0.05, 0.1) is 6.61 Å². The Morgan fingerprint density at radius 1 is 1.33 bits per heavy atom. The Labute approximate surface area is 138 Å². The molecule has 1 aliphatic rings. The summed E-state index contributed by atoms with van der Waals surface area (Å²) in [6, 6.07) is 6.48. The van der Waals surface area contributed by atoms with Gasteiger partial charge in [-0.2, -0.15) is 0 Å². The molecular formula is C16H20N2O6. The number of fused-ring (bicyclic) bond motifs is 1. The molecule has 2 unspecified atom stereocenters. The predicted octanol–water partition coefficient (Wildman–Crippen LogP) is -0.510. The van der Waals surface area contributed by atoms with Crippen molar-refractivity contribution >= 4 is 16.8 Å². The highest BCUT2D eigenvalue weighted by Crippen LogP contribution is 2.29. The van der Waals surface area contributed by atoms with Gasteiger partial charge in [0.2, 0.25) is 12.2 Å². The average Bonchev–Trinajstić information content (AvgIpc) is 2.97. The van der Waals surface area contributed by atoms with E-state index in [1.807, 2.05) is 24.3 Å². The molecule has 1 fully saturated rings. The zero-order valence-electron chi connectivity index (χ0n) is 13.0. The van der Waals surface area contributed by atoms with Crippen molar-refractivity contribution in [2.24, 2.45) is 0 Å². The summed E-state index contributed by atoms with van der Waals surface area (Å²) in [7, 11) is 0. The summed E-state index contributed by atoms with van der Waals surface area (Å²) in [5, 5.41) is 32.9. The minimum Gasteiger partial charge on any atom is -0.460 e. The van der Waals surface area contributed by atoms with Gasteiger partial charge in [-0.1, -0.05) is 12.1 Å². The van der Waals surface area contributed by atoms with Crippen molar-refractivity contribution < 1.29 is 29.6 Å². The number of H-pyrrole nitrogens is 1. The van der Waals surface area contributed by atoms with E-state index in [9.17, 15) is 20.1 Å². The maximum Gasteiger partial charge on any atom is 0.223 e. The number of benzene rings is 1. The number of aromatic nitrogens is 1. The summed E-state index contributed by atoms with van der Waals surface area (Å²) >= 11 is 0. The SMILES string of the molecule is CC(=O)NC1[C@H](Oc2c[nH]c3ccccc23)OC(CO)[C@@H](O)[C@H]1O. The van der Waals surface area contributed by atoms with Crippen LogP contribution in [-0.2, 0) is 9.53 Å². The molecule has 5 atom stereocenters. The number of aliphatic hydroxyl groups is 3. The number of amides is 1. The van der Waals surface area contributed by atoms with Crippen LogP contribution in [0.2, 0.25) is 0 Å². The van der Waals surface area contributed by atoms with Gasteiger partial charge < -0.3 is 35.1 Å². The largest absolute Gasteiger partial charge is 0.460 e. The van der Waals surface area contributed by atoms with Crippen LogP contribution >= 0.6 is 0 Å². The second-order valence-corrected chi connectivity index (χ2v) is 5.75. The fourth-order valence-corrected chi connectivity index (χ4v) is 2.84. The highest BCUT2D eigenvalue weighted by atomic mass is 16.7. The van der Waals surface area contributed by atoms with Gasteiger partial charge in [0.15, 0.2) is 0 Å². The highest BCUT2D eigenvalue weighted by molar-refractivity contribution is 5.85. The summed E-state index contributed by atoms with van der Waals surface area (Å²) in [4.78, 5) is 14.5. The molecule has 1 amide bonds. The lowest BCUT2D eigenvalue weighted by Crippen LogP contribution is -2.65. The van der Waals surface area contributed by atoms with Crippen LogP contribution < -0.4 is 10.1 Å². The second-order valence-electron chi connectivity index (χ2n) is 5.75. The fraction of sp³-hybridized carbons (Fsp3) is 0.438. The molecule has 24 heavy (non-hydrogen) atoms. The normalized spacial score (nSPS) is 30.2. The zero-order valence-corrected chi connectivity index (χ0v) is 13.0. The van der Waals surface area contributed by atoms with Crippen LogP contribution in [0.1, 0.15) is 6.92 Å². The Morgan fingerprint density at radius 2 is 2.08 bits per heavy atom. The Balaban J connectivity index is 1.88. The standard InChI is InChI=1S/C16H20N2O6/c1-8(20)18-13-15(22)14(21)12(7-19)24-16(13)23-11-6-17-10-5-3-2-4-9(10)11/h2-6,12-17,19,21-22H,7H2,1H3,(H,18,20)/t12?,13?,14-,15+,16-/m1/s1. The molecule has 0 radical (unpaired) electrons. The summed E-state index contributed by atoms with van der Waals surface area (Å²) in [5.41, 5.74) is 0.860. The first-order valence-corrected chi connectivity index (χ1v) is 7.63. The van der Waals surface area contributed by atoms with Crippen LogP contribution in [0.5, 0.6) is 5.75 Å². The molecule has 1 aromatic carbocycles. The highest BCUT2D eigenvalue weighted by Gasteiger charge is 2.46. The van der Waals surface area contributed by atoms with Crippen molar-refractivity contribution in [1.29, 1.82) is 0 Å². The maximum absolute atomic E-state index is 11.4. The minimum atomic E-state index is -1.34. The van der Waals surface area contributed by atoms with Crippen molar-refractivity contribution in [2.45, 2.75) is 37.6 Å². The van der Waals surface area contributed by atoms with Gasteiger partial charge in [-0.05, 0) is 12.1 Å². The lowest BCUT2D eigenvalue weighted by Gasteiger charge is -2.41. The quantitative estimate of drug-likeness (QED) is 0.512. The Hall–Kier alpha value is -2.13. The van der Waals surface area contributed by atoms with Crippen LogP contribution in [0.3, 0.4) is 0 Å². The Morgan fingerprint density at radius 3 is 2.79 bits per heavy atom. The van der Waals surface area contributed by atoms with E-state index in [-0.39, 0.29) is 0 Å². The minimum absolute atomic E-state index is 0.398. The number of carbonyl (C=O) groups excluding carboxylic acids is 1. The lowest BCUT2D eigenvalue weighted by molar-refractivity contribution is -0.244. The van der Waals surface area contributed by atoms with E-state index in [4.69, 9.17) is 9.47 Å². The average molecular weight is 336 g/mol. The van der Waals surface area contributed by atoms with Crippen LogP contribution in [0, 0.1) is 0 Å². The molecule has 1 saturated heterocycles. The molecule has 0 aliphatic carbocycles. The monoisotopic (exact) mass is 336 g/mol. The van der Waals surface area contributed by atoms with Crippen molar-refractivity contribution in [3.05, 3.63) is 30.5 Å².